The number of carbonyl (C=O) groups excluding carboxylic acids is 2. The second kappa shape index (κ2) is 8.46. The number of hydrogen-bond acceptors (Lipinski definition) is 3. The molecule has 0 atom stereocenters. The van der Waals surface area contributed by atoms with Gasteiger partial charge >= 0.3 is 0 Å². The molecule has 1 N–H and O–H groups in total. The molecule has 0 bridgehead atoms. The number of para-hydroxylation sites is 1. The first-order chi connectivity index (χ1) is 13.7. The van der Waals surface area contributed by atoms with Crippen LogP contribution in [-0.2, 0) is 11.3 Å². The number of carbonyl (C=O) groups is 2. The van der Waals surface area contributed by atoms with E-state index in [4.69, 9.17) is 0 Å². The van der Waals surface area contributed by atoms with E-state index in [-0.39, 0.29) is 11.8 Å². The van der Waals surface area contributed by atoms with Crippen molar-refractivity contribution in [1.29, 1.82) is 0 Å². The van der Waals surface area contributed by atoms with E-state index >= 15 is 0 Å². The Hall–Kier alpha value is -2.82. The smallest absolute Gasteiger partial charge is 0.253 e. The number of rotatable bonds is 5. The normalized spacial score (nSPS) is 17.8. The van der Waals surface area contributed by atoms with Gasteiger partial charge in [-0.1, -0.05) is 30.3 Å². The molecule has 28 heavy (non-hydrogen) atoms. The molecule has 5 heteroatoms. The highest BCUT2D eigenvalue weighted by molar-refractivity contribution is 5.94. The van der Waals surface area contributed by atoms with Crippen molar-refractivity contribution in [1.82, 2.24) is 9.80 Å². The Bertz CT molecular complexity index is 829. The lowest BCUT2D eigenvalue weighted by Crippen LogP contribution is -2.42. The molecule has 2 heterocycles. The summed E-state index contributed by atoms with van der Waals surface area (Å²) in [4.78, 5) is 28.6. The van der Waals surface area contributed by atoms with Crippen LogP contribution < -0.4 is 5.32 Å². The molecular weight excluding hydrogens is 350 g/mol. The van der Waals surface area contributed by atoms with Crippen LogP contribution in [0.15, 0.2) is 54.6 Å². The maximum Gasteiger partial charge on any atom is 0.253 e. The number of amides is 2. The number of benzene rings is 2. The predicted octanol–water partition coefficient (Wildman–Crippen LogP) is 3.53. The fourth-order valence-corrected chi connectivity index (χ4v) is 4.07. The number of hydrogen-bond donors (Lipinski definition) is 1. The van der Waals surface area contributed by atoms with Crippen molar-refractivity contribution in [3.63, 3.8) is 0 Å². The van der Waals surface area contributed by atoms with Crippen molar-refractivity contribution in [3.05, 3.63) is 65.7 Å². The van der Waals surface area contributed by atoms with Crippen LogP contribution in [0.4, 0.5) is 5.69 Å². The summed E-state index contributed by atoms with van der Waals surface area (Å²) in [6.45, 7) is 2.94. The molecule has 0 spiro atoms. The lowest BCUT2D eigenvalue weighted by Gasteiger charge is -2.33. The monoisotopic (exact) mass is 377 g/mol. The maximum absolute atomic E-state index is 12.9. The highest BCUT2D eigenvalue weighted by Gasteiger charge is 2.24. The summed E-state index contributed by atoms with van der Waals surface area (Å²) in [6.07, 6.45) is 3.47. The van der Waals surface area contributed by atoms with Crippen molar-refractivity contribution >= 4 is 17.5 Å². The SMILES string of the molecule is O=C1CCCN1Cc1cccc(C(=O)N2CCC(Nc3ccccc3)CC2)c1. The van der Waals surface area contributed by atoms with E-state index in [1.807, 2.05) is 52.3 Å². The summed E-state index contributed by atoms with van der Waals surface area (Å²) < 4.78 is 0. The molecule has 0 radical (unpaired) electrons. The van der Waals surface area contributed by atoms with Gasteiger partial charge in [0.1, 0.15) is 0 Å². The topological polar surface area (TPSA) is 52.7 Å². The summed E-state index contributed by atoms with van der Waals surface area (Å²) in [5.74, 6) is 0.303. The lowest BCUT2D eigenvalue weighted by atomic mass is 10.0. The summed E-state index contributed by atoms with van der Waals surface area (Å²) in [5, 5.41) is 3.56. The second-order valence-electron chi connectivity index (χ2n) is 7.70. The van der Waals surface area contributed by atoms with Crippen molar-refractivity contribution in [2.24, 2.45) is 0 Å². The summed E-state index contributed by atoms with van der Waals surface area (Å²) in [7, 11) is 0. The van der Waals surface area contributed by atoms with E-state index in [0.717, 1.165) is 55.7 Å². The van der Waals surface area contributed by atoms with Crippen LogP contribution in [0, 0.1) is 0 Å². The van der Waals surface area contributed by atoms with E-state index in [0.29, 0.717) is 19.0 Å². The largest absolute Gasteiger partial charge is 0.382 e. The third-order valence-corrected chi connectivity index (χ3v) is 5.65. The van der Waals surface area contributed by atoms with Gasteiger partial charge in [0.15, 0.2) is 0 Å². The Morgan fingerprint density at radius 3 is 2.50 bits per heavy atom. The molecule has 2 amide bonds. The first-order valence-electron chi connectivity index (χ1n) is 10.2. The van der Waals surface area contributed by atoms with Crippen LogP contribution in [0.5, 0.6) is 0 Å². The number of piperidine rings is 1. The van der Waals surface area contributed by atoms with Crippen LogP contribution in [0.2, 0.25) is 0 Å². The molecule has 0 saturated carbocycles. The third-order valence-electron chi connectivity index (χ3n) is 5.65. The van der Waals surface area contributed by atoms with Crippen molar-refractivity contribution in [2.45, 2.75) is 38.3 Å². The molecule has 0 unspecified atom stereocenters. The molecule has 2 aromatic carbocycles. The van der Waals surface area contributed by atoms with Crippen molar-refractivity contribution in [2.75, 3.05) is 25.0 Å². The molecule has 2 saturated heterocycles. The van der Waals surface area contributed by atoms with Gasteiger partial charge in [-0.05, 0) is 49.1 Å². The zero-order valence-electron chi connectivity index (χ0n) is 16.1. The fraction of sp³-hybridized carbons (Fsp3) is 0.391. The Balaban J connectivity index is 1.33. The van der Waals surface area contributed by atoms with Crippen LogP contribution >= 0.6 is 0 Å². The second-order valence-corrected chi connectivity index (χ2v) is 7.70. The van der Waals surface area contributed by atoms with Crippen molar-refractivity contribution in [3.8, 4) is 0 Å². The van der Waals surface area contributed by atoms with E-state index in [2.05, 4.69) is 17.4 Å². The van der Waals surface area contributed by atoms with E-state index in [1.54, 1.807) is 0 Å². The average molecular weight is 377 g/mol. The minimum absolute atomic E-state index is 0.0905. The fourth-order valence-electron chi connectivity index (χ4n) is 4.07. The van der Waals surface area contributed by atoms with E-state index < -0.39 is 0 Å². The minimum Gasteiger partial charge on any atom is -0.382 e. The van der Waals surface area contributed by atoms with Gasteiger partial charge in [-0.2, -0.15) is 0 Å². The molecule has 146 valence electrons. The van der Waals surface area contributed by atoms with Gasteiger partial charge < -0.3 is 15.1 Å². The van der Waals surface area contributed by atoms with Crippen molar-refractivity contribution < 1.29 is 9.59 Å². The Morgan fingerprint density at radius 2 is 1.79 bits per heavy atom. The number of nitrogens with zero attached hydrogens (tertiary/aromatic N) is 2. The Labute approximate surface area is 166 Å². The highest BCUT2D eigenvalue weighted by Crippen LogP contribution is 2.20. The van der Waals surface area contributed by atoms with Crippen LogP contribution in [0.25, 0.3) is 0 Å². The van der Waals surface area contributed by atoms with Gasteiger partial charge in [0.2, 0.25) is 5.91 Å². The van der Waals surface area contributed by atoms with Crippen LogP contribution in [-0.4, -0.2) is 47.3 Å². The van der Waals surface area contributed by atoms with Gasteiger partial charge in [-0.15, -0.1) is 0 Å². The highest BCUT2D eigenvalue weighted by atomic mass is 16.2. The first kappa shape index (κ1) is 18.5. The third kappa shape index (κ3) is 4.35. The Kier molecular flexibility index (Phi) is 5.60. The quantitative estimate of drug-likeness (QED) is 0.867. The molecule has 2 aliphatic rings. The van der Waals surface area contributed by atoms with Gasteiger partial charge in [-0.25, -0.2) is 0 Å². The van der Waals surface area contributed by atoms with Gasteiger partial charge in [0, 0.05) is 49.9 Å². The zero-order chi connectivity index (χ0) is 19.3. The standard InChI is InChI=1S/C23H27N3O2/c27-22-10-5-13-26(22)17-18-6-4-7-19(16-18)23(28)25-14-11-21(12-15-25)24-20-8-2-1-3-9-20/h1-4,6-9,16,21,24H,5,10-15,17H2. The van der Waals surface area contributed by atoms with Crippen LogP contribution in [0.3, 0.4) is 0 Å². The van der Waals surface area contributed by atoms with Gasteiger partial charge in [0.05, 0.1) is 0 Å². The molecule has 2 fully saturated rings. The first-order valence-corrected chi connectivity index (χ1v) is 10.2. The summed E-state index contributed by atoms with van der Waals surface area (Å²) in [6, 6.07) is 18.4. The molecular formula is C23H27N3O2. The molecule has 2 aromatic rings. The minimum atomic E-state index is 0.0905. The predicted molar refractivity (Wildman–Crippen MR) is 110 cm³/mol. The summed E-state index contributed by atoms with van der Waals surface area (Å²) in [5.41, 5.74) is 2.89. The molecule has 4 rings (SSSR count). The lowest BCUT2D eigenvalue weighted by molar-refractivity contribution is -0.128. The molecule has 0 aromatic heterocycles. The van der Waals surface area contributed by atoms with E-state index in [9.17, 15) is 9.59 Å². The Morgan fingerprint density at radius 1 is 1.00 bits per heavy atom. The molecule has 2 aliphatic heterocycles. The van der Waals surface area contributed by atoms with Gasteiger partial charge in [0.25, 0.3) is 5.91 Å². The molecule has 0 aliphatic carbocycles. The van der Waals surface area contributed by atoms with E-state index in [1.165, 1.54) is 0 Å². The number of likely N-dealkylation sites (tertiary alicyclic amines) is 2. The zero-order valence-corrected chi connectivity index (χ0v) is 16.1. The average Bonchev–Trinajstić information content (AvgIpc) is 3.13. The summed E-state index contributed by atoms with van der Waals surface area (Å²) >= 11 is 0. The molecule has 5 nitrogen and oxygen atoms in total. The van der Waals surface area contributed by atoms with Crippen LogP contribution in [0.1, 0.15) is 41.6 Å². The number of anilines is 1. The van der Waals surface area contributed by atoms with Gasteiger partial charge in [-0.3, -0.25) is 9.59 Å². The number of nitrogens with one attached hydrogen (secondary N) is 1. The maximum atomic E-state index is 12.9.